The fraction of sp³-hybridized carbons (Fsp3) is 0.429. The summed E-state index contributed by atoms with van der Waals surface area (Å²) in [7, 11) is -8.60. The SMILES string of the molecule is C.CC(=O)OC(C)=O.CCCNC(=O)c1c(O)c2ncc(Cc3ccc(F)cc3CN3CCCCS3(=O)=O)cc2n(C)c1=O.CCOC(=O)c1c(O)c2ncc(Cc3ccc(F)cc3CN3CCCCS3(=O)=O)cc2n(C)c1=O.CCOC(=O)c1c(OC(C)=O)c2ncc(Cc3ccc(F)cc3CN3CCCCS3(=O)=O)cc2n(C)c1=O.O=S1(=O)CCCCN1. The van der Waals surface area contributed by atoms with Crippen LogP contribution in [0.25, 0.3) is 33.1 Å². The molecule has 0 spiro atoms. The van der Waals surface area contributed by atoms with Gasteiger partial charge in [0.25, 0.3) is 22.6 Å². The predicted octanol–water partition coefficient (Wildman–Crippen LogP) is 8.03. The molecule has 3 aromatic carbocycles. The van der Waals surface area contributed by atoms with Crippen LogP contribution >= 0.6 is 0 Å². The number of amides is 1. The summed E-state index contributed by atoms with van der Waals surface area (Å²) in [6.45, 7) is 11.0. The summed E-state index contributed by atoms with van der Waals surface area (Å²) in [5.74, 6) is -6.54. The molecule has 0 saturated carbocycles. The third kappa shape index (κ3) is 25.5. The molecular formula is C84H102F3N11O23S4. The van der Waals surface area contributed by atoms with Crippen molar-refractivity contribution in [3.63, 3.8) is 0 Å². The van der Waals surface area contributed by atoms with Gasteiger partial charge in [-0.15, -0.1) is 0 Å². The van der Waals surface area contributed by atoms with E-state index in [1.54, 1.807) is 50.2 Å². The molecule has 4 fully saturated rings. The smallest absolute Gasteiger partial charge is 0.347 e. The second kappa shape index (κ2) is 43.6. The number of sulfonamides is 4. The fourth-order valence-corrected chi connectivity index (χ4v) is 20.0. The van der Waals surface area contributed by atoms with Gasteiger partial charge in [0.1, 0.15) is 39.6 Å². The lowest BCUT2D eigenvalue weighted by Gasteiger charge is -2.27. The van der Waals surface area contributed by atoms with Gasteiger partial charge in [0, 0.05) is 113 Å². The highest BCUT2D eigenvalue weighted by Crippen LogP contribution is 2.33. The van der Waals surface area contributed by atoms with Crippen molar-refractivity contribution >= 4 is 109 Å². The van der Waals surface area contributed by atoms with E-state index in [0.29, 0.717) is 138 Å². The van der Waals surface area contributed by atoms with Crippen LogP contribution in [-0.2, 0) is 129 Å². The maximum atomic E-state index is 14.1. The molecule has 4 N–H and O–H groups in total. The van der Waals surface area contributed by atoms with Crippen molar-refractivity contribution in [1.82, 2.24) is 51.6 Å². The van der Waals surface area contributed by atoms with Gasteiger partial charge in [-0.2, -0.15) is 12.9 Å². The van der Waals surface area contributed by atoms with E-state index in [4.69, 9.17) is 14.2 Å². The Labute approximate surface area is 720 Å². The molecule has 0 atom stereocenters. The zero-order chi connectivity index (χ0) is 90.9. The van der Waals surface area contributed by atoms with Gasteiger partial charge in [0.15, 0.2) is 28.4 Å². The third-order valence-electron chi connectivity index (χ3n) is 20.3. The summed E-state index contributed by atoms with van der Waals surface area (Å²) in [6.07, 6.45) is 11.9. The maximum absolute atomic E-state index is 14.1. The molecule has 4 saturated heterocycles. The van der Waals surface area contributed by atoms with Crippen LogP contribution in [0.3, 0.4) is 0 Å². The number of aromatic nitrogens is 6. The number of halogens is 3. The highest BCUT2D eigenvalue weighted by molar-refractivity contribution is 7.90. The number of esters is 5. The van der Waals surface area contributed by atoms with E-state index in [1.165, 1.54) is 117 Å². The molecule has 0 radical (unpaired) electrons. The Balaban J connectivity index is 0.000000213. The molecule has 4 aliphatic rings. The molecule has 9 aromatic rings. The van der Waals surface area contributed by atoms with Crippen LogP contribution in [-0.4, -0.2) is 190 Å². The van der Waals surface area contributed by atoms with Gasteiger partial charge in [0.2, 0.25) is 40.1 Å². The predicted molar refractivity (Wildman–Crippen MR) is 458 cm³/mol. The van der Waals surface area contributed by atoms with Crippen LogP contribution in [0.15, 0.2) is 106 Å². The number of aryl methyl sites for hydroxylation is 3. The first-order chi connectivity index (χ1) is 58.6. The molecule has 1 amide bonds. The van der Waals surface area contributed by atoms with Crippen LogP contribution in [0.1, 0.15) is 188 Å². The van der Waals surface area contributed by atoms with E-state index in [-0.39, 0.29) is 91.8 Å². The Kier molecular flexibility index (Phi) is 34.6. The number of fused-ring (bicyclic) bond motifs is 3. The molecule has 0 aliphatic carbocycles. The lowest BCUT2D eigenvalue weighted by Crippen LogP contribution is -2.37. The molecule has 34 nitrogen and oxygen atoms in total. The molecule has 41 heteroatoms. The monoisotopic (exact) mass is 1820 g/mol. The Hall–Kier alpha value is -11.2. The summed E-state index contributed by atoms with van der Waals surface area (Å²) in [5, 5.41) is 23.8. The fourth-order valence-electron chi connectivity index (χ4n) is 14.1. The zero-order valence-electron chi connectivity index (χ0n) is 69.8. The van der Waals surface area contributed by atoms with Crippen LogP contribution in [0.4, 0.5) is 13.2 Å². The summed E-state index contributed by atoms with van der Waals surface area (Å²) in [5.41, 5.74) is 3.63. The highest BCUT2D eigenvalue weighted by atomic mass is 32.2. The van der Waals surface area contributed by atoms with Crippen molar-refractivity contribution in [2.24, 2.45) is 21.1 Å². The third-order valence-corrected chi connectivity index (χ3v) is 27.5. The summed E-state index contributed by atoms with van der Waals surface area (Å²) in [4.78, 5) is 120. The first-order valence-corrected chi connectivity index (χ1v) is 46.2. The number of benzene rings is 3. The van der Waals surface area contributed by atoms with E-state index in [1.807, 2.05) is 6.92 Å². The Morgan fingerprint density at radius 1 is 0.464 bits per heavy atom. The van der Waals surface area contributed by atoms with Crippen molar-refractivity contribution < 1.29 is 105 Å². The van der Waals surface area contributed by atoms with Crippen molar-refractivity contribution in [3.05, 3.63) is 207 Å². The largest absolute Gasteiger partial charge is 0.505 e. The maximum Gasteiger partial charge on any atom is 0.347 e. The molecule has 125 heavy (non-hydrogen) atoms. The summed E-state index contributed by atoms with van der Waals surface area (Å²) in [6, 6.07) is 17.8. The van der Waals surface area contributed by atoms with Gasteiger partial charge < -0.3 is 48.2 Å². The topological polar surface area (TPSA) is 455 Å². The molecule has 0 unspecified atom stereocenters. The number of pyridine rings is 6. The minimum absolute atomic E-state index is 0. The van der Waals surface area contributed by atoms with Crippen LogP contribution in [0, 0.1) is 17.5 Å². The number of nitrogens with zero attached hydrogens (tertiary/aromatic N) is 9. The van der Waals surface area contributed by atoms with Crippen molar-refractivity contribution in [2.75, 3.05) is 68.9 Å². The molecule has 676 valence electrons. The second-order valence-electron chi connectivity index (χ2n) is 29.5. The number of aromatic hydroxyl groups is 2. The minimum atomic E-state index is -3.41. The lowest BCUT2D eigenvalue weighted by atomic mass is 9.99. The second-order valence-corrected chi connectivity index (χ2v) is 37.7. The van der Waals surface area contributed by atoms with Crippen LogP contribution < -0.4 is 31.5 Å². The Morgan fingerprint density at radius 3 is 1.14 bits per heavy atom. The lowest BCUT2D eigenvalue weighted by molar-refractivity contribution is -0.156. The van der Waals surface area contributed by atoms with E-state index in [0.717, 1.165) is 44.6 Å². The summed E-state index contributed by atoms with van der Waals surface area (Å²) >= 11 is 0. The number of ether oxygens (including phenoxy) is 4. The Morgan fingerprint density at radius 2 is 0.816 bits per heavy atom. The Bertz CT molecular complexity index is 6250. The number of hydrogen-bond donors (Lipinski definition) is 4. The van der Waals surface area contributed by atoms with Crippen molar-refractivity contribution in [3.8, 4) is 17.2 Å². The first-order valence-electron chi connectivity index (χ1n) is 39.7. The molecule has 0 bridgehead atoms. The first kappa shape index (κ1) is 99.2. The normalized spacial score (nSPS) is 15.8. The minimum Gasteiger partial charge on any atom is -0.505 e. The van der Waals surface area contributed by atoms with E-state index >= 15 is 0 Å². The van der Waals surface area contributed by atoms with Gasteiger partial charge in [-0.3, -0.25) is 48.5 Å². The molecule has 6 aromatic heterocycles. The number of carbonyl (C=O) groups excluding carboxylic acids is 6. The quantitative estimate of drug-likeness (QED) is 0.0318. The van der Waals surface area contributed by atoms with Crippen LogP contribution in [0.5, 0.6) is 17.2 Å². The highest BCUT2D eigenvalue weighted by Gasteiger charge is 2.33. The van der Waals surface area contributed by atoms with E-state index in [9.17, 15) is 100 Å². The van der Waals surface area contributed by atoms with Crippen molar-refractivity contribution in [1.29, 1.82) is 0 Å². The summed E-state index contributed by atoms with van der Waals surface area (Å²) < 4.78 is 168. The van der Waals surface area contributed by atoms with E-state index in [2.05, 4.69) is 29.7 Å². The van der Waals surface area contributed by atoms with Gasteiger partial charge in [-0.25, -0.2) is 61.2 Å². The van der Waals surface area contributed by atoms with E-state index < -0.39 is 133 Å². The standard InChI is InChI=1S/C26H28FN3O7S.C25H29FN4O5S.C24H26FN3O6S.C4H9NO2S.C4H6O3.CH4/c1-4-36-26(33)22-24(37-16(2)31)23-21(29(3)25(22)32)12-17(14-28-23)11-18-7-8-20(27)13-19(18)15-30-9-5-6-10-38(30,34)35;1-3-8-27-24(32)21-23(31)22-20(29(2)25(21)33)12-16(14-28-22)11-17-6-7-19(26)13-18(17)15-30-9-4-5-10-36(30,34)35;1-3-34-24(31)20-22(29)21-19(27(2)23(20)30)11-15(13-26-21)10-16-6-7-18(25)12-17(16)14-28-8-4-5-9-35(28,32)33;6-8(7)4-2-1-3-5-8;1-3(5)7-4(2)6;/h7-8,12-14H,4-6,9-11,15H2,1-3H3;6-7,12-14,31H,3-5,8-11,15H2,1-2H3,(H,27,32);6-7,11-13,29H,3-5,8-10,14H2,1-2H3;5H,1-4H2;1-2H3;1H4. The molecule has 10 heterocycles. The van der Waals surface area contributed by atoms with Gasteiger partial charge in [-0.05, 0) is 196 Å². The molecular weight excluding hydrogens is 1720 g/mol. The molecule has 4 aliphatic heterocycles. The van der Waals surface area contributed by atoms with Crippen LogP contribution in [0.2, 0.25) is 0 Å². The number of rotatable bonds is 20. The van der Waals surface area contributed by atoms with Gasteiger partial charge in [0.05, 0.1) is 52.8 Å². The van der Waals surface area contributed by atoms with Gasteiger partial charge in [-0.1, -0.05) is 32.5 Å². The van der Waals surface area contributed by atoms with Crippen molar-refractivity contribution in [2.45, 2.75) is 146 Å². The molecule has 13 rings (SSSR count). The average Bonchev–Trinajstić information content (AvgIpc) is 0.774. The average molecular weight is 1820 g/mol. The number of hydrogen-bond acceptors (Lipinski definition) is 26. The van der Waals surface area contributed by atoms with Gasteiger partial charge >= 0.3 is 29.8 Å². The number of nitrogens with one attached hydrogen (secondary N) is 2. The number of carbonyl (C=O) groups is 6. The zero-order valence-corrected chi connectivity index (χ0v) is 73.1.